The molecule has 3 nitrogen and oxygen atoms in total. The molecule has 132 valence electrons. The van der Waals surface area contributed by atoms with E-state index < -0.39 is 0 Å². The van der Waals surface area contributed by atoms with E-state index in [4.69, 9.17) is 4.74 Å². The predicted molar refractivity (Wildman–Crippen MR) is 110 cm³/mol. The number of pyridine rings is 1. The summed E-state index contributed by atoms with van der Waals surface area (Å²) in [6, 6.07) is 23.2. The summed E-state index contributed by atoms with van der Waals surface area (Å²) in [6.07, 6.45) is 0. The summed E-state index contributed by atoms with van der Waals surface area (Å²) in [5.41, 5.74) is 2.99. The zero-order valence-corrected chi connectivity index (χ0v) is 15.1. The standard InChI is InChI=1S/C24H19NO2/c1-18-10-9-14-21-23(18)25(22-15-6-5-13-20(22)24(21)26)16-7-8-17-27-19-11-3-2-4-12-19/h2-6,9-15H,16-17H2,1H3. The number of para-hydroxylation sites is 3. The van der Waals surface area contributed by atoms with Crippen LogP contribution in [0.5, 0.6) is 5.75 Å². The maximum absolute atomic E-state index is 12.9. The van der Waals surface area contributed by atoms with E-state index in [0.29, 0.717) is 13.2 Å². The summed E-state index contributed by atoms with van der Waals surface area (Å²) in [5, 5.41) is 1.45. The van der Waals surface area contributed by atoms with E-state index in [9.17, 15) is 4.79 Å². The molecule has 0 saturated carbocycles. The van der Waals surface area contributed by atoms with Crippen LogP contribution in [0.15, 0.2) is 77.6 Å². The number of fused-ring (bicyclic) bond motifs is 2. The van der Waals surface area contributed by atoms with Crippen LogP contribution in [0.3, 0.4) is 0 Å². The fourth-order valence-electron chi connectivity index (χ4n) is 3.35. The molecular formula is C24H19NO2. The second kappa shape index (κ2) is 7.39. The van der Waals surface area contributed by atoms with Gasteiger partial charge in [-0.2, -0.15) is 0 Å². The molecule has 0 spiro atoms. The van der Waals surface area contributed by atoms with Crippen molar-refractivity contribution in [1.29, 1.82) is 0 Å². The molecular weight excluding hydrogens is 334 g/mol. The zero-order chi connectivity index (χ0) is 18.6. The third kappa shape index (κ3) is 3.30. The quantitative estimate of drug-likeness (QED) is 0.400. The van der Waals surface area contributed by atoms with Gasteiger partial charge in [-0.15, -0.1) is 0 Å². The molecule has 0 N–H and O–H groups in total. The maximum atomic E-state index is 12.9. The molecule has 0 bridgehead atoms. The third-order valence-electron chi connectivity index (χ3n) is 4.61. The lowest BCUT2D eigenvalue weighted by atomic mass is 10.1. The minimum atomic E-state index is 0.0703. The van der Waals surface area contributed by atoms with Crippen molar-refractivity contribution in [1.82, 2.24) is 4.57 Å². The highest BCUT2D eigenvalue weighted by atomic mass is 16.5. The van der Waals surface area contributed by atoms with Crippen molar-refractivity contribution in [2.24, 2.45) is 0 Å². The second-order valence-electron chi connectivity index (χ2n) is 6.36. The highest BCUT2D eigenvalue weighted by molar-refractivity contribution is 5.94. The molecule has 0 fully saturated rings. The van der Waals surface area contributed by atoms with Gasteiger partial charge in [0.05, 0.1) is 17.6 Å². The molecule has 0 aliphatic heterocycles. The van der Waals surface area contributed by atoms with E-state index in [1.807, 2.05) is 79.7 Å². The number of benzene rings is 3. The average molecular weight is 353 g/mol. The van der Waals surface area contributed by atoms with Crippen molar-refractivity contribution >= 4 is 21.8 Å². The minimum Gasteiger partial charge on any atom is -0.481 e. The van der Waals surface area contributed by atoms with Crippen molar-refractivity contribution in [3.05, 3.63) is 88.6 Å². The summed E-state index contributed by atoms with van der Waals surface area (Å²) in [6.45, 7) is 2.86. The second-order valence-corrected chi connectivity index (χ2v) is 6.36. The van der Waals surface area contributed by atoms with E-state index in [2.05, 4.69) is 16.4 Å². The molecule has 4 rings (SSSR count). The molecule has 1 aromatic heterocycles. The fraction of sp³-hybridized carbons (Fsp3) is 0.125. The molecule has 3 heteroatoms. The molecule has 0 unspecified atom stereocenters. The monoisotopic (exact) mass is 353 g/mol. The van der Waals surface area contributed by atoms with Gasteiger partial charge >= 0.3 is 0 Å². The van der Waals surface area contributed by atoms with Crippen LogP contribution in [0.4, 0.5) is 0 Å². The Hall–Kier alpha value is -3.51. The van der Waals surface area contributed by atoms with Gasteiger partial charge in [0.15, 0.2) is 5.43 Å². The fourth-order valence-corrected chi connectivity index (χ4v) is 3.35. The molecule has 4 aromatic rings. The molecule has 0 atom stereocenters. The molecule has 0 amide bonds. The Morgan fingerprint density at radius 1 is 0.852 bits per heavy atom. The maximum Gasteiger partial charge on any atom is 0.197 e. The van der Waals surface area contributed by atoms with Gasteiger partial charge in [-0.1, -0.05) is 54.3 Å². The van der Waals surface area contributed by atoms with Gasteiger partial charge in [0.1, 0.15) is 12.4 Å². The Bertz CT molecular complexity index is 1230. The molecule has 0 radical (unpaired) electrons. The van der Waals surface area contributed by atoms with E-state index in [1.165, 1.54) is 0 Å². The first-order valence-electron chi connectivity index (χ1n) is 8.90. The highest BCUT2D eigenvalue weighted by Crippen LogP contribution is 2.21. The summed E-state index contributed by atoms with van der Waals surface area (Å²) in [4.78, 5) is 12.9. The van der Waals surface area contributed by atoms with Gasteiger partial charge in [-0.05, 0) is 42.8 Å². The first-order valence-corrected chi connectivity index (χ1v) is 8.90. The lowest BCUT2D eigenvalue weighted by Gasteiger charge is -2.14. The van der Waals surface area contributed by atoms with Crippen molar-refractivity contribution in [3.8, 4) is 17.6 Å². The van der Waals surface area contributed by atoms with Crippen LogP contribution in [-0.2, 0) is 6.54 Å². The number of hydrogen-bond donors (Lipinski definition) is 0. The number of hydrogen-bond acceptors (Lipinski definition) is 2. The van der Waals surface area contributed by atoms with Crippen LogP contribution in [0.1, 0.15) is 5.56 Å². The van der Waals surface area contributed by atoms with Crippen LogP contribution < -0.4 is 10.2 Å². The van der Waals surface area contributed by atoms with Crippen molar-refractivity contribution in [2.75, 3.05) is 6.61 Å². The Labute approximate surface area is 157 Å². The van der Waals surface area contributed by atoms with Crippen molar-refractivity contribution in [3.63, 3.8) is 0 Å². The first kappa shape index (κ1) is 16.9. The molecule has 0 aliphatic carbocycles. The minimum absolute atomic E-state index is 0.0703. The van der Waals surface area contributed by atoms with E-state index >= 15 is 0 Å². The van der Waals surface area contributed by atoms with Gasteiger partial charge in [-0.25, -0.2) is 0 Å². The Morgan fingerprint density at radius 3 is 2.44 bits per heavy atom. The number of aryl methyl sites for hydroxylation is 1. The van der Waals surface area contributed by atoms with Crippen molar-refractivity contribution in [2.45, 2.75) is 13.5 Å². The zero-order valence-electron chi connectivity index (χ0n) is 15.1. The Balaban J connectivity index is 1.71. The normalized spacial score (nSPS) is 10.6. The number of aromatic nitrogens is 1. The summed E-state index contributed by atoms with van der Waals surface area (Å²) < 4.78 is 7.75. The van der Waals surface area contributed by atoms with E-state index in [0.717, 1.165) is 33.1 Å². The van der Waals surface area contributed by atoms with Gasteiger partial charge in [0.25, 0.3) is 0 Å². The third-order valence-corrected chi connectivity index (χ3v) is 4.61. The molecule has 1 heterocycles. The van der Waals surface area contributed by atoms with Gasteiger partial charge < -0.3 is 9.30 Å². The topological polar surface area (TPSA) is 31.2 Å². The smallest absolute Gasteiger partial charge is 0.197 e. The van der Waals surface area contributed by atoms with Gasteiger partial charge in [0, 0.05) is 10.8 Å². The predicted octanol–water partition coefficient (Wildman–Crippen LogP) is 4.55. The SMILES string of the molecule is Cc1cccc2c(=O)c3ccccc3n(CC#CCOc3ccccc3)c12. The van der Waals surface area contributed by atoms with E-state index in [-0.39, 0.29) is 5.43 Å². The molecule has 27 heavy (non-hydrogen) atoms. The Morgan fingerprint density at radius 2 is 1.59 bits per heavy atom. The number of ether oxygens (including phenoxy) is 1. The van der Waals surface area contributed by atoms with Crippen LogP contribution >= 0.6 is 0 Å². The van der Waals surface area contributed by atoms with Crippen LogP contribution in [0, 0.1) is 18.8 Å². The Kier molecular flexibility index (Phi) is 4.63. The summed E-state index contributed by atoms with van der Waals surface area (Å²) in [7, 11) is 0. The van der Waals surface area contributed by atoms with Crippen LogP contribution in [0.25, 0.3) is 21.8 Å². The molecule has 0 aliphatic rings. The summed E-state index contributed by atoms with van der Waals surface area (Å²) >= 11 is 0. The number of rotatable bonds is 3. The van der Waals surface area contributed by atoms with Gasteiger partial charge in [0.2, 0.25) is 0 Å². The summed E-state index contributed by atoms with van der Waals surface area (Å²) in [5.74, 6) is 7.07. The largest absolute Gasteiger partial charge is 0.481 e. The highest BCUT2D eigenvalue weighted by Gasteiger charge is 2.11. The van der Waals surface area contributed by atoms with Gasteiger partial charge in [-0.3, -0.25) is 4.79 Å². The van der Waals surface area contributed by atoms with Crippen LogP contribution in [0.2, 0.25) is 0 Å². The first-order chi connectivity index (χ1) is 13.3. The molecule has 0 saturated heterocycles. The number of nitrogens with zero attached hydrogens (tertiary/aromatic N) is 1. The van der Waals surface area contributed by atoms with E-state index in [1.54, 1.807) is 0 Å². The average Bonchev–Trinajstić information content (AvgIpc) is 2.71. The molecule has 3 aromatic carbocycles. The lowest BCUT2D eigenvalue weighted by molar-refractivity contribution is 0.370. The van der Waals surface area contributed by atoms with Crippen molar-refractivity contribution < 1.29 is 4.74 Å². The van der Waals surface area contributed by atoms with Crippen LogP contribution in [-0.4, -0.2) is 11.2 Å². The lowest BCUT2D eigenvalue weighted by Crippen LogP contribution is -2.12.